The zero-order chi connectivity index (χ0) is 10.1. The highest BCUT2D eigenvalue weighted by molar-refractivity contribution is 7.56. The van der Waals surface area contributed by atoms with Crippen LogP contribution < -0.4 is 10.0 Å². The van der Waals surface area contributed by atoms with Crippen LogP contribution in [0, 0.1) is 13.8 Å². The Balaban J connectivity index is 3.07. The fourth-order valence-electron chi connectivity index (χ4n) is 1.12. The number of benzene rings is 1. The molecule has 72 valence electrons. The van der Waals surface area contributed by atoms with Gasteiger partial charge in [0, 0.05) is 6.66 Å². The number of nitrogens with two attached hydrogens (primary N) is 1. The fraction of sp³-hybridized carbons (Fsp3) is 0.333. The largest absolute Gasteiger partial charge is 0.432 e. The van der Waals surface area contributed by atoms with Crippen molar-refractivity contribution in [2.24, 2.45) is 5.50 Å². The zero-order valence-corrected chi connectivity index (χ0v) is 8.97. The smallest absolute Gasteiger partial charge is 0.311 e. The highest BCUT2D eigenvalue weighted by Crippen LogP contribution is 2.37. The summed E-state index contributed by atoms with van der Waals surface area (Å²) in [7, 11) is -2.94. The van der Waals surface area contributed by atoms with Gasteiger partial charge in [-0.15, -0.1) is 0 Å². The molecule has 1 aromatic carbocycles. The summed E-state index contributed by atoms with van der Waals surface area (Å²) in [6, 6.07) is 5.73. The molecular weight excluding hydrogens is 185 g/mol. The monoisotopic (exact) mass is 199 g/mol. The van der Waals surface area contributed by atoms with Crippen LogP contribution in [0.2, 0.25) is 0 Å². The molecule has 0 heterocycles. The first-order valence-corrected chi connectivity index (χ1v) is 6.16. The average Bonchev–Trinajstić information content (AvgIpc) is 1.95. The Morgan fingerprint density at radius 2 is 1.77 bits per heavy atom. The predicted molar refractivity (Wildman–Crippen MR) is 54.3 cm³/mol. The summed E-state index contributed by atoms with van der Waals surface area (Å²) >= 11 is 0. The van der Waals surface area contributed by atoms with E-state index in [4.69, 9.17) is 10.0 Å². The van der Waals surface area contributed by atoms with Crippen molar-refractivity contribution in [2.45, 2.75) is 13.8 Å². The lowest BCUT2D eigenvalue weighted by Gasteiger charge is -2.14. The maximum Gasteiger partial charge on any atom is 0.311 e. The molecule has 0 unspecified atom stereocenters. The van der Waals surface area contributed by atoms with Gasteiger partial charge in [0.15, 0.2) is 0 Å². The third-order valence-corrected chi connectivity index (χ3v) is 2.23. The summed E-state index contributed by atoms with van der Waals surface area (Å²) in [6.07, 6.45) is 0. The molecule has 1 atom stereocenters. The van der Waals surface area contributed by atoms with Gasteiger partial charge >= 0.3 is 7.52 Å². The van der Waals surface area contributed by atoms with Gasteiger partial charge in [-0.3, -0.25) is 4.57 Å². The molecule has 0 spiro atoms. The second-order valence-electron chi connectivity index (χ2n) is 3.22. The highest BCUT2D eigenvalue weighted by Gasteiger charge is 2.12. The molecule has 0 bridgehead atoms. The van der Waals surface area contributed by atoms with Crippen LogP contribution in [0.25, 0.3) is 0 Å². The minimum absolute atomic E-state index is 0.635. The number of hydrogen-bond donors (Lipinski definition) is 1. The van der Waals surface area contributed by atoms with Gasteiger partial charge < -0.3 is 4.52 Å². The van der Waals surface area contributed by atoms with Gasteiger partial charge in [-0.25, -0.2) is 5.50 Å². The maximum absolute atomic E-state index is 11.2. The van der Waals surface area contributed by atoms with Crippen molar-refractivity contribution in [3.05, 3.63) is 29.3 Å². The molecule has 0 aliphatic heterocycles. The molecule has 0 aliphatic rings. The van der Waals surface area contributed by atoms with Crippen molar-refractivity contribution in [3.8, 4) is 5.75 Å². The van der Waals surface area contributed by atoms with Crippen molar-refractivity contribution in [3.63, 3.8) is 0 Å². The van der Waals surface area contributed by atoms with E-state index in [1.54, 1.807) is 0 Å². The molecule has 1 rings (SSSR count). The standard InChI is InChI=1S/C9H14NO2P/c1-7-5-4-6-8(2)9(7)12-13(3,10)11/h4-6H,1-3H3,(H2,10,11)/t13-/m1/s1. The minimum atomic E-state index is -2.94. The first kappa shape index (κ1) is 10.3. The summed E-state index contributed by atoms with van der Waals surface area (Å²) < 4.78 is 16.4. The Bertz CT molecular complexity index is 336. The van der Waals surface area contributed by atoms with Gasteiger partial charge in [-0.05, 0) is 25.0 Å². The molecule has 3 nitrogen and oxygen atoms in total. The van der Waals surface area contributed by atoms with Crippen molar-refractivity contribution in [2.75, 3.05) is 6.66 Å². The van der Waals surface area contributed by atoms with Crippen molar-refractivity contribution >= 4 is 7.52 Å². The Morgan fingerprint density at radius 1 is 1.31 bits per heavy atom. The topological polar surface area (TPSA) is 52.3 Å². The molecular formula is C9H14NO2P. The van der Waals surface area contributed by atoms with Gasteiger partial charge in [0.05, 0.1) is 0 Å². The van der Waals surface area contributed by atoms with Gasteiger partial charge in [-0.1, -0.05) is 18.2 Å². The van der Waals surface area contributed by atoms with Crippen LogP contribution >= 0.6 is 7.52 Å². The molecule has 0 aromatic heterocycles. The third-order valence-electron chi connectivity index (χ3n) is 1.68. The van der Waals surface area contributed by atoms with Crippen LogP contribution in [-0.2, 0) is 4.57 Å². The van der Waals surface area contributed by atoms with E-state index < -0.39 is 7.52 Å². The van der Waals surface area contributed by atoms with Gasteiger partial charge in [0.2, 0.25) is 0 Å². The molecule has 13 heavy (non-hydrogen) atoms. The first-order chi connectivity index (χ1) is 5.90. The van der Waals surface area contributed by atoms with Gasteiger partial charge in [0.1, 0.15) is 5.75 Å². The van der Waals surface area contributed by atoms with E-state index in [1.165, 1.54) is 6.66 Å². The normalized spacial score (nSPS) is 15.1. The van der Waals surface area contributed by atoms with E-state index in [0.29, 0.717) is 5.75 Å². The van der Waals surface area contributed by atoms with Crippen LogP contribution in [0.15, 0.2) is 18.2 Å². The van der Waals surface area contributed by atoms with E-state index in [-0.39, 0.29) is 0 Å². The third kappa shape index (κ3) is 2.87. The van der Waals surface area contributed by atoms with E-state index in [1.807, 2.05) is 32.0 Å². The molecule has 0 aliphatic carbocycles. The van der Waals surface area contributed by atoms with Gasteiger partial charge in [-0.2, -0.15) is 0 Å². The lowest BCUT2D eigenvalue weighted by atomic mass is 10.1. The van der Waals surface area contributed by atoms with Crippen LogP contribution in [0.5, 0.6) is 5.75 Å². The van der Waals surface area contributed by atoms with E-state index in [0.717, 1.165) is 11.1 Å². The lowest BCUT2D eigenvalue weighted by Crippen LogP contribution is -2.02. The molecule has 0 saturated heterocycles. The Hall–Kier alpha value is -0.790. The molecule has 4 heteroatoms. The van der Waals surface area contributed by atoms with Gasteiger partial charge in [0.25, 0.3) is 0 Å². The average molecular weight is 199 g/mol. The van der Waals surface area contributed by atoms with E-state index in [9.17, 15) is 4.57 Å². The summed E-state index contributed by atoms with van der Waals surface area (Å²) in [5, 5.41) is 0. The molecule has 0 radical (unpaired) electrons. The summed E-state index contributed by atoms with van der Waals surface area (Å²) in [5.41, 5.74) is 7.24. The molecule has 0 saturated carbocycles. The Morgan fingerprint density at radius 3 is 2.15 bits per heavy atom. The SMILES string of the molecule is Cc1cccc(C)c1O[P@](C)(N)=O. The number of rotatable bonds is 2. The van der Waals surface area contributed by atoms with Crippen molar-refractivity contribution in [1.29, 1.82) is 0 Å². The highest BCUT2D eigenvalue weighted by atomic mass is 31.2. The van der Waals surface area contributed by atoms with Crippen molar-refractivity contribution < 1.29 is 9.09 Å². The second-order valence-corrected chi connectivity index (χ2v) is 5.22. The number of hydrogen-bond acceptors (Lipinski definition) is 2. The number of para-hydroxylation sites is 1. The van der Waals surface area contributed by atoms with Crippen LogP contribution in [-0.4, -0.2) is 6.66 Å². The summed E-state index contributed by atoms with van der Waals surface area (Å²) in [6.45, 7) is 5.20. The predicted octanol–water partition coefficient (Wildman–Crippen LogP) is 2.46. The van der Waals surface area contributed by atoms with E-state index >= 15 is 0 Å². The van der Waals surface area contributed by atoms with Crippen LogP contribution in [0.4, 0.5) is 0 Å². The first-order valence-electron chi connectivity index (χ1n) is 4.02. The van der Waals surface area contributed by atoms with Crippen molar-refractivity contribution in [1.82, 2.24) is 0 Å². The number of aryl methyl sites for hydroxylation is 2. The molecule has 2 N–H and O–H groups in total. The quantitative estimate of drug-likeness (QED) is 0.744. The minimum Gasteiger partial charge on any atom is -0.432 e. The fourth-order valence-corrected chi connectivity index (χ4v) is 1.77. The summed E-state index contributed by atoms with van der Waals surface area (Å²) in [5.74, 6) is 0.635. The zero-order valence-electron chi connectivity index (χ0n) is 8.07. The Labute approximate surface area is 78.4 Å². The maximum atomic E-state index is 11.2. The Kier molecular flexibility index (Phi) is 2.79. The molecule has 1 aromatic rings. The molecule has 0 fully saturated rings. The van der Waals surface area contributed by atoms with Crippen LogP contribution in [0.3, 0.4) is 0 Å². The molecule has 0 amide bonds. The van der Waals surface area contributed by atoms with Crippen LogP contribution in [0.1, 0.15) is 11.1 Å². The van der Waals surface area contributed by atoms with E-state index in [2.05, 4.69) is 0 Å². The lowest BCUT2D eigenvalue weighted by molar-refractivity contribution is 0.485. The summed E-state index contributed by atoms with van der Waals surface area (Å²) in [4.78, 5) is 0. The second kappa shape index (κ2) is 3.52.